The molecule has 1 unspecified atom stereocenters. The molecule has 9 heteroatoms. The highest BCUT2D eigenvalue weighted by molar-refractivity contribution is 7.15. The summed E-state index contributed by atoms with van der Waals surface area (Å²) in [5.41, 5.74) is 0.213. The lowest BCUT2D eigenvalue weighted by molar-refractivity contribution is -0.126. The number of carbonyl (C=O) groups is 2. The molecule has 2 N–H and O–H groups in total. The molecule has 6 nitrogen and oxygen atoms in total. The van der Waals surface area contributed by atoms with E-state index in [9.17, 15) is 18.4 Å². The fourth-order valence-corrected chi connectivity index (χ4v) is 4.59. The van der Waals surface area contributed by atoms with Crippen molar-refractivity contribution in [3.05, 3.63) is 41.3 Å². The third kappa shape index (κ3) is 4.73. The van der Waals surface area contributed by atoms with Crippen molar-refractivity contribution in [2.24, 2.45) is 5.92 Å². The molecule has 4 heterocycles. The van der Waals surface area contributed by atoms with Crippen LogP contribution in [0.1, 0.15) is 22.5 Å². The van der Waals surface area contributed by atoms with Gasteiger partial charge in [0.15, 0.2) is 5.06 Å². The molecule has 0 aliphatic carbocycles. The summed E-state index contributed by atoms with van der Waals surface area (Å²) in [4.78, 5) is 26.7. The number of carbonyl (C=O) groups excluding carboxylic acids is 2. The molecule has 1 atom stereocenters. The van der Waals surface area contributed by atoms with Crippen molar-refractivity contribution in [1.29, 1.82) is 0 Å². The quantitative estimate of drug-likeness (QED) is 0.748. The maximum absolute atomic E-state index is 12.6. The van der Waals surface area contributed by atoms with Crippen LogP contribution >= 0.6 is 11.3 Å². The largest absolute Gasteiger partial charge is 0.447 e. The lowest BCUT2D eigenvalue weighted by atomic mass is 9.84. The number of nitrogens with one attached hydrogen (secondary N) is 2. The second kappa shape index (κ2) is 8.46. The van der Waals surface area contributed by atoms with E-state index in [2.05, 4.69) is 15.5 Å². The topological polar surface area (TPSA) is 70.7 Å². The number of fused-ring (bicyclic) bond motifs is 3. The van der Waals surface area contributed by atoms with E-state index in [0.29, 0.717) is 21.6 Å². The SMILES string of the molecule is O=C(NC1CN2CCC1CC2)c1ccc(Oc2cccc(NC(=O)C(F)F)c2)s1. The van der Waals surface area contributed by atoms with Gasteiger partial charge < -0.3 is 20.3 Å². The summed E-state index contributed by atoms with van der Waals surface area (Å²) in [6.45, 7) is 3.14. The molecule has 3 aliphatic heterocycles. The van der Waals surface area contributed by atoms with Crippen molar-refractivity contribution >= 4 is 28.8 Å². The van der Waals surface area contributed by atoms with E-state index in [0.717, 1.165) is 32.5 Å². The second-order valence-electron chi connectivity index (χ2n) is 7.26. The summed E-state index contributed by atoms with van der Waals surface area (Å²) in [5.74, 6) is -0.555. The van der Waals surface area contributed by atoms with Gasteiger partial charge in [-0.1, -0.05) is 17.4 Å². The number of halogens is 2. The molecule has 0 spiro atoms. The Morgan fingerprint density at radius 1 is 1.17 bits per heavy atom. The van der Waals surface area contributed by atoms with Crippen LogP contribution in [0.25, 0.3) is 0 Å². The molecule has 0 saturated carbocycles. The molecule has 1 aromatic heterocycles. The number of benzene rings is 1. The number of hydrogen-bond acceptors (Lipinski definition) is 5. The highest BCUT2D eigenvalue weighted by Crippen LogP contribution is 2.32. The standard InChI is InChI=1S/C20H21F2N3O3S/c21-18(22)20(27)23-13-2-1-3-14(10-13)28-17-5-4-16(29-17)19(26)24-15-11-25-8-6-12(15)7-9-25/h1-5,10,12,15,18H,6-9,11H2,(H,23,27)(H,24,26). The first-order valence-electron chi connectivity index (χ1n) is 9.48. The number of hydrogen-bond donors (Lipinski definition) is 2. The smallest absolute Gasteiger partial charge is 0.315 e. The second-order valence-corrected chi connectivity index (χ2v) is 8.30. The maximum Gasteiger partial charge on any atom is 0.315 e. The van der Waals surface area contributed by atoms with Crippen molar-refractivity contribution in [3.63, 3.8) is 0 Å². The van der Waals surface area contributed by atoms with Crippen molar-refractivity contribution in [3.8, 4) is 10.8 Å². The fourth-order valence-electron chi connectivity index (χ4n) is 3.82. The van der Waals surface area contributed by atoms with Gasteiger partial charge in [0.05, 0.1) is 4.88 Å². The third-order valence-electron chi connectivity index (χ3n) is 5.30. The van der Waals surface area contributed by atoms with Crippen LogP contribution in [0, 0.1) is 5.92 Å². The van der Waals surface area contributed by atoms with Gasteiger partial charge in [0.2, 0.25) is 0 Å². The van der Waals surface area contributed by atoms with Crippen LogP contribution in [0.15, 0.2) is 36.4 Å². The van der Waals surface area contributed by atoms with E-state index in [4.69, 9.17) is 4.74 Å². The first kappa shape index (κ1) is 19.8. The van der Waals surface area contributed by atoms with Gasteiger partial charge in [-0.25, -0.2) is 0 Å². The third-order valence-corrected chi connectivity index (χ3v) is 6.26. The van der Waals surface area contributed by atoms with Crippen molar-refractivity contribution in [1.82, 2.24) is 10.2 Å². The number of ether oxygens (including phenoxy) is 1. The zero-order valence-electron chi connectivity index (χ0n) is 15.6. The molecule has 3 fully saturated rings. The average molecular weight is 421 g/mol. The van der Waals surface area contributed by atoms with Crippen LogP contribution < -0.4 is 15.4 Å². The Hall–Kier alpha value is -2.52. The molecular weight excluding hydrogens is 400 g/mol. The van der Waals surface area contributed by atoms with Gasteiger partial charge in [0.25, 0.3) is 11.8 Å². The Balaban J connectivity index is 1.37. The molecule has 2 amide bonds. The van der Waals surface area contributed by atoms with Crippen molar-refractivity contribution in [2.75, 3.05) is 25.0 Å². The molecular formula is C20H21F2N3O3S. The zero-order valence-corrected chi connectivity index (χ0v) is 16.4. The van der Waals surface area contributed by atoms with E-state index in [1.807, 2.05) is 0 Å². The van der Waals surface area contributed by atoms with E-state index in [1.54, 1.807) is 24.3 Å². The molecule has 3 saturated heterocycles. The van der Waals surface area contributed by atoms with Crippen LogP contribution in [-0.2, 0) is 4.79 Å². The number of thiophene rings is 1. The Bertz CT molecular complexity index is 897. The highest BCUT2D eigenvalue weighted by atomic mass is 32.1. The number of rotatable bonds is 6. The van der Waals surface area contributed by atoms with Crippen LogP contribution in [0.3, 0.4) is 0 Å². The minimum Gasteiger partial charge on any atom is -0.447 e. The van der Waals surface area contributed by atoms with E-state index in [1.165, 1.54) is 23.5 Å². The predicted molar refractivity (Wildman–Crippen MR) is 106 cm³/mol. The fraction of sp³-hybridized carbons (Fsp3) is 0.400. The monoisotopic (exact) mass is 421 g/mol. The summed E-state index contributed by atoms with van der Waals surface area (Å²) >= 11 is 1.21. The summed E-state index contributed by atoms with van der Waals surface area (Å²) < 4.78 is 30.5. The minimum absolute atomic E-state index is 0.110. The molecule has 2 aromatic rings. The molecule has 154 valence electrons. The molecule has 1 aromatic carbocycles. The molecule has 2 bridgehead atoms. The van der Waals surface area contributed by atoms with Gasteiger partial charge >= 0.3 is 6.43 Å². The first-order chi connectivity index (χ1) is 14.0. The predicted octanol–water partition coefficient (Wildman–Crippen LogP) is 3.57. The van der Waals surface area contributed by atoms with Crippen LogP contribution in [0.5, 0.6) is 10.8 Å². The number of piperidine rings is 3. The number of amides is 2. The molecule has 0 radical (unpaired) electrons. The Labute approximate surface area is 170 Å². The van der Waals surface area contributed by atoms with Crippen molar-refractivity contribution in [2.45, 2.75) is 25.3 Å². The number of nitrogens with zero attached hydrogens (tertiary/aromatic N) is 1. The zero-order chi connectivity index (χ0) is 20.4. The lowest BCUT2D eigenvalue weighted by Gasteiger charge is -2.44. The van der Waals surface area contributed by atoms with Gasteiger partial charge in [-0.05, 0) is 56.1 Å². The van der Waals surface area contributed by atoms with E-state index < -0.39 is 12.3 Å². The van der Waals surface area contributed by atoms with Gasteiger partial charge in [0, 0.05) is 24.3 Å². The molecule has 29 heavy (non-hydrogen) atoms. The lowest BCUT2D eigenvalue weighted by Crippen LogP contribution is -2.57. The maximum atomic E-state index is 12.6. The van der Waals surface area contributed by atoms with Gasteiger partial charge in [-0.15, -0.1) is 0 Å². The van der Waals surface area contributed by atoms with E-state index in [-0.39, 0.29) is 17.6 Å². The van der Waals surface area contributed by atoms with Gasteiger partial charge in [-0.3, -0.25) is 9.59 Å². The summed E-state index contributed by atoms with van der Waals surface area (Å²) in [5, 5.41) is 5.76. The van der Waals surface area contributed by atoms with Crippen LogP contribution in [0.4, 0.5) is 14.5 Å². The molecule has 5 rings (SSSR count). The summed E-state index contributed by atoms with van der Waals surface area (Å²) in [6, 6.07) is 9.77. The Morgan fingerprint density at radius 3 is 2.66 bits per heavy atom. The number of alkyl halides is 2. The number of anilines is 1. The van der Waals surface area contributed by atoms with Crippen molar-refractivity contribution < 1.29 is 23.1 Å². The van der Waals surface area contributed by atoms with Crippen LogP contribution in [0.2, 0.25) is 0 Å². The average Bonchev–Trinajstić information content (AvgIpc) is 3.18. The van der Waals surface area contributed by atoms with Gasteiger partial charge in [0.1, 0.15) is 5.75 Å². The van der Waals surface area contributed by atoms with E-state index >= 15 is 0 Å². The Morgan fingerprint density at radius 2 is 1.97 bits per heavy atom. The Kier molecular flexibility index (Phi) is 5.77. The highest BCUT2D eigenvalue weighted by Gasteiger charge is 2.35. The van der Waals surface area contributed by atoms with Gasteiger partial charge in [-0.2, -0.15) is 8.78 Å². The first-order valence-corrected chi connectivity index (χ1v) is 10.3. The van der Waals surface area contributed by atoms with Crippen LogP contribution in [-0.4, -0.2) is 48.8 Å². The normalized spacial score (nSPS) is 23.1. The molecule has 3 aliphatic rings. The summed E-state index contributed by atoms with van der Waals surface area (Å²) in [7, 11) is 0. The summed E-state index contributed by atoms with van der Waals surface area (Å²) in [6.07, 6.45) is -0.834. The minimum atomic E-state index is -3.09.